The summed E-state index contributed by atoms with van der Waals surface area (Å²) in [5.41, 5.74) is 0.844. The second kappa shape index (κ2) is 7.57. The van der Waals surface area contributed by atoms with E-state index in [0.29, 0.717) is 23.2 Å². The number of amides is 2. The zero-order valence-electron chi connectivity index (χ0n) is 15.6. The maximum absolute atomic E-state index is 12.6. The standard InChI is InChI=1S/C20H17F3N4O3/c21-20(22,23)30-10-11-1-2-14-15(3-4-25-16(14)5-11)19(29)26-9-18(28)27-13(8-24)6-12-7-17(12)27/h1-5,12-13,17H,6-7,9-10H2,(H,26,29)/t12-,13+,17+/m1/s1. The molecule has 4 rings (SSSR count). The number of nitrogens with zero attached hydrogens (tertiary/aromatic N) is 3. The number of fused-ring (bicyclic) bond motifs is 2. The molecule has 1 aliphatic carbocycles. The van der Waals surface area contributed by atoms with Crippen molar-refractivity contribution in [2.24, 2.45) is 5.92 Å². The van der Waals surface area contributed by atoms with Crippen molar-refractivity contribution in [2.45, 2.75) is 37.9 Å². The molecule has 156 valence electrons. The topological polar surface area (TPSA) is 95.3 Å². The zero-order valence-corrected chi connectivity index (χ0v) is 15.6. The van der Waals surface area contributed by atoms with E-state index in [0.717, 1.165) is 6.42 Å². The van der Waals surface area contributed by atoms with Gasteiger partial charge in [0.05, 0.1) is 30.3 Å². The molecule has 1 aromatic heterocycles. The van der Waals surface area contributed by atoms with Gasteiger partial charge >= 0.3 is 6.36 Å². The normalized spacial score (nSPS) is 22.5. The predicted molar refractivity (Wildman–Crippen MR) is 97.7 cm³/mol. The summed E-state index contributed by atoms with van der Waals surface area (Å²) >= 11 is 0. The molecular formula is C20H17F3N4O3. The van der Waals surface area contributed by atoms with Crippen molar-refractivity contribution in [3.8, 4) is 6.07 Å². The van der Waals surface area contributed by atoms with Gasteiger partial charge in [-0.05, 0) is 36.5 Å². The number of carbonyl (C=O) groups excluding carboxylic acids is 2. The Balaban J connectivity index is 1.44. The van der Waals surface area contributed by atoms with Crippen molar-refractivity contribution in [1.29, 1.82) is 5.26 Å². The summed E-state index contributed by atoms with van der Waals surface area (Å²) < 4.78 is 40.5. The minimum Gasteiger partial charge on any atom is -0.343 e. The fourth-order valence-electron chi connectivity index (χ4n) is 3.92. The number of likely N-dealkylation sites (tertiary alicyclic amines) is 1. The van der Waals surface area contributed by atoms with Gasteiger partial charge in [-0.25, -0.2) is 0 Å². The fraction of sp³-hybridized carbons (Fsp3) is 0.400. The third-order valence-electron chi connectivity index (χ3n) is 5.40. The number of aromatic nitrogens is 1. The quantitative estimate of drug-likeness (QED) is 0.805. The molecule has 1 saturated carbocycles. The highest BCUT2D eigenvalue weighted by Crippen LogP contribution is 2.47. The first kappa shape index (κ1) is 20.1. The average molecular weight is 418 g/mol. The maximum atomic E-state index is 12.6. The minimum atomic E-state index is -4.74. The van der Waals surface area contributed by atoms with Gasteiger partial charge in [0, 0.05) is 17.6 Å². The first-order chi connectivity index (χ1) is 14.3. The molecule has 30 heavy (non-hydrogen) atoms. The molecule has 1 aromatic carbocycles. The van der Waals surface area contributed by atoms with Crippen LogP contribution in [0.3, 0.4) is 0 Å². The van der Waals surface area contributed by atoms with Crippen LogP contribution in [-0.2, 0) is 16.1 Å². The van der Waals surface area contributed by atoms with E-state index in [2.05, 4.69) is 21.1 Å². The van der Waals surface area contributed by atoms with Crippen LogP contribution in [0.4, 0.5) is 13.2 Å². The Hall–Kier alpha value is -3.19. The van der Waals surface area contributed by atoms with E-state index in [1.807, 2.05) is 0 Å². The maximum Gasteiger partial charge on any atom is 0.522 e. The van der Waals surface area contributed by atoms with Gasteiger partial charge in [-0.15, -0.1) is 13.2 Å². The fourth-order valence-corrected chi connectivity index (χ4v) is 3.92. The van der Waals surface area contributed by atoms with E-state index in [1.54, 1.807) is 4.90 Å². The zero-order chi connectivity index (χ0) is 21.5. The lowest BCUT2D eigenvalue weighted by molar-refractivity contribution is -0.330. The van der Waals surface area contributed by atoms with Crippen LogP contribution in [0.15, 0.2) is 30.5 Å². The van der Waals surface area contributed by atoms with Crippen molar-refractivity contribution in [2.75, 3.05) is 6.54 Å². The molecule has 1 aliphatic heterocycles. The minimum absolute atomic E-state index is 0.0955. The molecule has 2 fully saturated rings. The molecule has 2 aliphatic rings. The van der Waals surface area contributed by atoms with Gasteiger partial charge in [0.25, 0.3) is 5.91 Å². The number of rotatable bonds is 5. The Labute approximate surface area is 169 Å². The first-order valence-corrected chi connectivity index (χ1v) is 9.34. The van der Waals surface area contributed by atoms with Crippen molar-refractivity contribution < 1.29 is 27.5 Å². The van der Waals surface area contributed by atoms with Crippen LogP contribution >= 0.6 is 0 Å². The second-order valence-corrected chi connectivity index (χ2v) is 7.37. The van der Waals surface area contributed by atoms with Crippen LogP contribution in [0.2, 0.25) is 0 Å². The number of ether oxygens (including phenoxy) is 1. The molecule has 2 amide bonds. The molecule has 7 nitrogen and oxygen atoms in total. The van der Waals surface area contributed by atoms with E-state index in [1.165, 1.54) is 30.5 Å². The van der Waals surface area contributed by atoms with Gasteiger partial charge in [0.2, 0.25) is 5.91 Å². The van der Waals surface area contributed by atoms with Crippen molar-refractivity contribution >= 4 is 22.7 Å². The molecule has 2 heterocycles. The monoisotopic (exact) mass is 418 g/mol. The molecule has 3 atom stereocenters. The second-order valence-electron chi connectivity index (χ2n) is 7.37. The van der Waals surface area contributed by atoms with Crippen LogP contribution in [-0.4, -0.2) is 46.7 Å². The van der Waals surface area contributed by atoms with Gasteiger partial charge < -0.3 is 10.2 Å². The molecule has 0 radical (unpaired) electrons. The molecule has 0 unspecified atom stereocenters. The highest BCUT2D eigenvalue weighted by molar-refractivity contribution is 6.07. The van der Waals surface area contributed by atoms with Crippen LogP contribution < -0.4 is 5.32 Å². The summed E-state index contributed by atoms with van der Waals surface area (Å²) in [6.45, 7) is -0.897. The number of benzene rings is 1. The number of hydrogen-bond donors (Lipinski definition) is 1. The number of alkyl halides is 3. The Kier molecular flexibility index (Phi) is 5.07. The number of carbonyl (C=O) groups is 2. The van der Waals surface area contributed by atoms with Crippen LogP contribution in [0, 0.1) is 17.2 Å². The number of piperidine rings is 1. The summed E-state index contributed by atoms with van der Waals surface area (Å²) in [5, 5.41) is 12.2. The molecule has 1 saturated heterocycles. The average Bonchev–Trinajstić information content (AvgIpc) is 3.38. The van der Waals surface area contributed by atoms with Gasteiger partial charge in [-0.3, -0.25) is 19.3 Å². The van der Waals surface area contributed by atoms with Gasteiger partial charge in [-0.1, -0.05) is 12.1 Å². The molecule has 10 heteroatoms. The Morgan fingerprint density at radius 1 is 1.30 bits per heavy atom. The van der Waals surface area contributed by atoms with E-state index < -0.39 is 24.9 Å². The number of nitriles is 1. The molecule has 2 aromatic rings. The lowest BCUT2D eigenvalue weighted by atomic mass is 10.1. The SMILES string of the molecule is N#C[C@@H]1C[C@@H]2C[C@@H]2N1C(=O)CNC(=O)c1ccnc2cc(COC(F)(F)F)ccc12. The lowest BCUT2D eigenvalue weighted by Gasteiger charge is -2.22. The summed E-state index contributed by atoms with van der Waals surface area (Å²) in [6, 6.07) is 7.58. The van der Waals surface area contributed by atoms with Crippen LogP contribution in [0.5, 0.6) is 0 Å². The number of pyridine rings is 1. The van der Waals surface area contributed by atoms with Gasteiger partial charge in [-0.2, -0.15) is 5.26 Å². The van der Waals surface area contributed by atoms with Crippen molar-refractivity contribution in [3.63, 3.8) is 0 Å². The summed E-state index contributed by atoms with van der Waals surface area (Å²) in [6.07, 6.45) is -1.80. The summed E-state index contributed by atoms with van der Waals surface area (Å²) in [5.74, 6) is -0.422. The number of halogens is 3. The van der Waals surface area contributed by atoms with Crippen molar-refractivity contribution in [1.82, 2.24) is 15.2 Å². The van der Waals surface area contributed by atoms with Crippen LogP contribution in [0.25, 0.3) is 10.9 Å². The third-order valence-corrected chi connectivity index (χ3v) is 5.40. The summed E-state index contributed by atoms with van der Waals surface area (Å²) in [7, 11) is 0. The molecular weight excluding hydrogens is 401 g/mol. The first-order valence-electron chi connectivity index (χ1n) is 9.34. The number of hydrogen-bond acceptors (Lipinski definition) is 5. The van der Waals surface area contributed by atoms with Crippen molar-refractivity contribution in [3.05, 3.63) is 41.6 Å². The summed E-state index contributed by atoms with van der Waals surface area (Å²) in [4.78, 5) is 30.8. The molecule has 1 N–H and O–H groups in total. The molecule has 0 bridgehead atoms. The lowest BCUT2D eigenvalue weighted by Crippen LogP contribution is -2.44. The predicted octanol–water partition coefficient (Wildman–Crippen LogP) is 2.51. The third kappa shape index (κ3) is 4.07. The molecule has 0 spiro atoms. The number of nitrogens with one attached hydrogen (secondary N) is 1. The smallest absolute Gasteiger partial charge is 0.343 e. The van der Waals surface area contributed by atoms with E-state index in [9.17, 15) is 28.0 Å². The Morgan fingerprint density at radius 3 is 2.83 bits per heavy atom. The largest absolute Gasteiger partial charge is 0.522 e. The van der Waals surface area contributed by atoms with Gasteiger partial charge in [0.15, 0.2) is 0 Å². The van der Waals surface area contributed by atoms with E-state index >= 15 is 0 Å². The van der Waals surface area contributed by atoms with Gasteiger partial charge in [0.1, 0.15) is 6.04 Å². The highest BCUT2D eigenvalue weighted by Gasteiger charge is 2.53. The Morgan fingerprint density at radius 2 is 2.10 bits per heavy atom. The Bertz CT molecular complexity index is 1050. The van der Waals surface area contributed by atoms with Crippen LogP contribution in [0.1, 0.15) is 28.8 Å². The highest BCUT2D eigenvalue weighted by atomic mass is 19.4. The van der Waals surface area contributed by atoms with E-state index in [4.69, 9.17) is 0 Å². The van der Waals surface area contributed by atoms with E-state index in [-0.39, 0.29) is 29.6 Å².